The fourth-order valence-corrected chi connectivity index (χ4v) is 5.16. The lowest BCUT2D eigenvalue weighted by molar-refractivity contribution is -0.143. The number of hydrogen-bond acceptors (Lipinski definition) is 3. The molecule has 4 aromatic rings. The molecule has 0 radical (unpaired) electrons. The van der Waals surface area contributed by atoms with Crippen LogP contribution in [0.1, 0.15) is 49.1 Å². The normalized spacial score (nSPS) is 23.2. The highest BCUT2D eigenvalue weighted by Crippen LogP contribution is 2.45. The van der Waals surface area contributed by atoms with E-state index in [1.54, 1.807) is 17.6 Å². The number of amides is 1. The molecule has 0 spiro atoms. The number of benzene rings is 2. The third-order valence-corrected chi connectivity index (χ3v) is 6.55. The zero-order chi connectivity index (χ0) is 19.9. The number of aromatic amines is 1. The quantitative estimate of drug-likeness (QED) is 0.503. The van der Waals surface area contributed by atoms with Gasteiger partial charge in [0, 0.05) is 23.0 Å². The molecule has 2 aromatic heterocycles. The molecule has 29 heavy (non-hydrogen) atoms. The van der Waals surface area contributed by atoms with E-state index in [0.717, 1.165) is 11.2 Å². The molecule has 4 heterocycles. The van der Waals surface area contributed by atoms with Gasteiger partial charge >= 0.3 is 0 Å². The minimum absolute atomic E-state index is 0.0292. The van der Waals surface area contributed by atoms with Gasteiger partial charge in [0.15, 0.2) is 0 Å². The Morgan fingerprint density at radius 1 is 0.966 bits per heavy atom. The van der Waals surface area contributed by atoms with Gasteiger partial charge < -0.3 is 9.88 Å². The Morgan fingerprint density at radius 3 is 2.52 bits per heavy atom. The van der Waals surface area contributed by atoms with Crippen molar-refractivity contribution < 1.29 is 4.79 Å². The summed E-state index contributed by atoms with van der Waals surface area (Å²) >= 11 is 0. The number of H-pyrrole nitrogens is 1. The van der Waals surface area contributed by atoms with E-state index in [4.69, 9.17) is 4.98 Å². The molecule has 2 aromatic carbocycles. The molecule has 6 rings (SSSR count). The molecule has 0 bridgehead atoms. The van der Waals surface area contributed by atoms with E-state index in [2.05, 4.69) is 24.0 Å². The second-order valence-corrected chi connectivity index (χ2v) is 8.04. The van der Waals surface area contributed by atoms with E-state index >= 15 is 0 Å². The molecule has 0 fully saturated rings. The van der Waals surface area contributed by atoms with Crippen LogP contribution in [0.3, 0.4) is 0 Å². The summed E-state index contributed by atoms with van der Waals surface area (Å²) in [5.41, 5.74) is 3.92. The first-order chi connectivity index (χ1) is 14.1. The number of rotatable bonds is 0. The first kappa shape index (κ1) is 16.5. The standard InChI is InChI=1S/C23H20N4O2/c1-12-20-16(14-7-3-5-9-17(14)24-20)11-19-21-25-18-10-6-4-8-15(18)23(29)27(21)13(2)22(28)26(12)19/h3-10,12-13,19,24H,11H2,1-2H3/t12-,13-,19+/m0/s1. The Labute approximate surface area is 166 Å². The summed E-state index contributed by atoms with van der Waals surface area (Å²) in [5.74, 6) is 0.655. The minimum atomic E-state index is -0.570. The Morgan fingerprint density at radius 2 is 1.69 bits per heavy atom. The molecular formula is C23H20N4O2. The number of nitrogens with one attached hydrogen (secondary N) is 1. The van der Waals surface area contributed by atoms with Crippen molar-refractivity contribution in [3.63, 3.8) is 0 Å². The lowest BCUT2D eigenvalue weighted by Gasteiger charge is -2.45. The topological polar surface area (TPSA) is 71.0 Å². The zero-order valence-corrected chi connectivity index (χ0v) is 16.2. The lowest BCUT2D eigenvalue weighted by Crippen LogP contribution is -2.52. The van der Waals surface area contributed by atoms with Gasteiger partial charge in [0.25, 0.3) is 5.56 Å². The van der Waals surface area contributed by atoms with Crippen LogP contribution in [0, 0.1) is 0 Å². The molecule has 3 atom stereocenters. The summed E-state index contributed by atoms with van der Waals surface area (Å²) in [4.78, 5) is 36.9. The largest absolute Gasteiger partial charge is 0.356 e. The van der Waals surface area contributed by atoms with E-state index in [9.17, 15) is 9.59 Å². The van der Waals surface area contributed by atoms with Crippen molar-refractivity contribution in [2.75, 3.05) is 0 Å². The molecule has 2 aliphatic rings. The summed E-state index contributed by atoms with van der Waals surface area (Å²) in [6.45, 7) is 3.85. The minimum Gasteiger partial charge on any atom is -0.356 e. The Hall–Kier alpha value is -3.41. The molecular weight excluding hydrogens is 364 g/mol. The van der Waals surface area contributed by atoms with Crippen molar-refractivity contribution in [3.8, 4) is 0 Å². The molecule has 1 N–H and O–H groups in total. The van der Waals surface area contributed by atoms with Crippen LogP contribution in [0.2, 0.25) is 0 Å². The predicted molar refractivity (Wildman–Crippen MR) is 111 cm³/mol. The van der Waals surface area contributed by atoms with Crippen LogP contribution in [0.5, 0.6) is 0 Å². The molecule has 6 nitrogen and oxygen atoms in total. The fourth-order valence-electron chi connectivity index (χ4n) is 5.16. The number of hydrogen-bond donors (Lipinski definition) is 1. The number of nitrogens with zero attached hydrogens (tertiary/aromatic N) is 3. The van der Waals surface area contributed by atoms with Crippen LogP contribution in [0.25, 0.3) is 21.8 Å². The van der Waals surface area contributed by atoms with E-state index in [1.807, 2.05) is 35.2 Å². The highest BCUT2D eigenvalue weighted by atomic mass is 16.2. The maximum absolute atomic E-state index is 13.4. The smallest absolute Gasteiger partial charge is 0.262 e. The number of carbonyl (C=O) groups is 1. The summed E-state index contributed by atoms with van der Waals surface area (Å²) < 4.78 is 1.61. The van der Waals surface area contributed by atoms with Gasteiger partial charge in [0.2, 0.25) is 5.91 Å². The van der Waals surface area contributed by atoms with Gasteiger partial charge in [-0.25, -0.2) is 4.98 Å². The van der Waals surface area contributed by atoms with Crippen molar-refractivity contribution in [2.24, 2.45) is 0 Å². The fraction of sp³-hybridized carbons (Fsp3) is 0.261. The number of para-hydroxylation sites is 2. The Bertz CT molecular complexity index is 1380. The van der Waals surface area contributed by atoms with Gasteiger partial charge in [-0.1, -0.05) is 30.3 Å². The Kier molecular flexibility index (Phi) is 3.17. The summed E-state index contributed by atoms with van der Waals surface area (Å²) in [5, 5.41) is 1.73. The molecule has 0 unspecified atom stereocenters. The zero-order valence-electron chi connectivity index (χ0n) is 16.2. The van der Waals surface area contributed by atoms with E-state index in [0.29, 0.717) is 23.1 Å². The van der Waals surface area contributed by atoms with E-state index < -0.39 is 6.04 Å². The highest BCUT2D eigenvalue weighted by Gasteiger charge is 2.46. The summed E-state index contributed by atoms with van der Waals surface area (Å²) in [6.07, 6.45) is 0.646. The van der Waals surface area contributed by atoms with Gasteiger partial charge in [0.05, 0.1) is 23.0 Å². The molecule has 144 valence electrons. The average molecular weight is 384 g/mol. The third kappa shape index (κ3) is 2.03. The van der Waals surface area contributed by atoms with E-state index in [1.165, 1.54) is 10.9 Å². The van der Waals surface area contributed by atoms with Gasteiger partial charge in [-0.3, -0.25) is 14.2 Å². The van der Waals surface area contributed by atoms with Crippen LogP contribution in [0.15, 0.2) is 53.3 Å². The second-order valence-electron chi connectivity index (χ2n) is 8.04. The van der Waals surface area contributed by atoms with Crippen LogP contribution in [-0.4, -0.2) is 25.3 Å². The SMILES string of the molecule is C[C@H]1c2[nH]c3ccccc3c2C[C@@H]2c3nc4ccccc4c(=O)n3[C@@H](C)C(=O)N21. The Balaban J connectivity index is 1.65. The van der Waals surface area contributed by atoms with Gasteiger partial charge in [0.1, 0.15) is 11.9 Å². The molecule has 0 saturated heterocycles. The van der Waals surface area contributed by atoms with Gasteiger partial charge in [-0.05, 0) is 37.6 Å². The maximum atomic E-state index is 13.4. The average Bonchev–Trinajstić information content (AvgIpc) is 3.11. The second kappa shape index (κ2) is 5.56. The summed E-state index contributed by atoms with van der Waals surface area (Å²) in [7, 11) is 0. The lowest BCUT2D eigenvalue weighted by atomic mass is 9.89. The first-order valence-electron chi connectivity index (χ1n) is 9.99. The van der Waals surface area contributed by atoms with Crippen LogP contribution < -0.4 is 5.56 Å². The summed E-state index contributed by atoms with van der Waals surface area (Å²) in [6, 6.07) is 14.7. The van der Waals surface area contributed by atoms with Crippen LogP contribution >= 0.6 is 0 Å². The number of aromatic nitrogens is 3. The molecule has 0 saturated carbocycles. The van der Waals surface area contributed by atoms with E-state index in [-0.39, 0.29) is 23.6 Å². The first-order valence-corrected chi connectivity index (χ1v) is 9.99. The van der Waals surface area contributed by atoms with Crippen molar-refractivity contribution in [2.45, 2.75) is 38.4 Å². The number of carbonyl (C=O) groups excluding carboxylic acids is 1. The highest BCUT2D eigenvalue weighted by molar-refractivity contribution is 5.88. The predicted octanol–water partition coefficient (Wildman–Crippen LogP) is 3.64. The van der Waals surface area contributed by atoms with Crippen LogP contribution in [0.4, 0.5) is 0 Å². The molecule has 1 amide bonds. The van der Waals surface area contributed by atoms with Crippen LogP contribution in [-0.2, 0) is 11.2 Å². The van der Waals surface area contributed by atoms with Crippen molar-refractivity contribution in [3.05, 3.63) is 76.0 Å². The molecule has 0 aliphatic carbocycles. The van der Waals surface area contributed by atoms with Gasteiger partial charge in [-0.15, -0.1) is 0 Å². The third-order valence-electron chi connectivity index (χ3n) is 6.55. The maximum Gasteiger partial charge on any atom is 0.262 e. The van der Waals surface area contributed by atoms with Crippen molar-refractivity contribution >= 4 is 27.7 Å². The van der Waals surface area contributed by atoms with Gasteiger partial charge in [-0.2, -0.15) is 0 Å². The number of fused-ring (bicyclic) bond motifs is 7. The van der Waals surface area contributed by atoms with Crippen molar-refractivity contribution in [1.82, 2.24) is 19.4 Å². The monoisotopic (exact) mass is 384 g/mol. The molecule has 6 heteroatoms. The van der Waals surface area contributed by atoms with Crippen molar-refractivity contribution in [1.29, 1.82) is 0 Å². The molecule has 2 aliphatic heterocycles.